The Morgan fingerprint density at radius 1 is 1.32 bits per heavy atom. The Bertz CT molecular complexity index is 668. The number of halogens is 3. The first kappa shape index (κ1) is 16.5. The summed E-state index contributed by atoms with van der Waals surface area (Å²) in [4.78, 5) is 23.7. The molecule has 0 aliphatic carbocycles. The molecule has 116 valence electrons. The SMILES string of the molecule is O=C(O)CN1C(=O)/C(=C\c2ccc(C(F)(F)F)cc2)SC1=S. The molecule has 1 aromatic rings. The molecule has 0 saturated carbocycles. The molecule has 1 aliphatic rings. The topological polar surface area (TPSA) is 57.6 Å². The normalized spacial score (nSPS) is 17.4. The van der Waals surface area contributed by atoms with Crippen LogP contribution in [0.2, 0.25) is 0 Å². The number of benzene rings is 1. The lowest BCUT2D eigenvalue weighted by atomic mass is 10.1. The summed E-state index contributed by atoms with van der Waals surface area (Å²) in [6.45, 7) is -0.547. The molecule has 0 unspecified atom stereocenters. The van der Waals surface area contributed by atoms with Crippen LogP contribution in [0.15, 0.2) is 29.2 Å². The van der Waals surface area contributed by atoms with Crippen LogP contribution >= 0.6 is 24.0 Å². The van der Waals surface area contributed by atoms with Gasteiger partial charge in [0.25, 0.3) is 5.91 Å². The van der Waals surface area contributed by atoms with Gasteiger partial charge >= 0.3 is 12.1 Å². The van der Waals surface area contributed by atoms with Crippen LogP contribution in [0.3, 0.4) is 0 Å². The van der Waals surface area contributed by atoms with E-state index in [9.17, 15) is 22.8 Å². The Hall–Kier alpha value is -1.87. The number of alkyl halides is 3. The second-order valence-electron chi connectivity index (χ2n) is 4.28. The number of carboxylic acids is 1. The summed E-state index contributed by atoms with van der Waals surface area (Å²) in [6, 6.07) is 4.27. The Kier molecular flexibility index (Phi) is 4.57. The van der Waals surface area contributed by atoms with E-state index in [2.05, 4.69) is 0 Å². The van der Waals surface area contributed by atoms with Crippen LogP contribution < -0.4 is 0 Å². The third kappa shape index (κ3) is 3.66. The number of hydrogen-bond donors (Lipinski definition) is 1. The van der Waals surface area contributed by atoms with Gasteiger partial charge in [0.2, 0.25) is 0 Å². The van der Waals surface area contributed by atoms with Gasteiger partial charge in [-0.05, 0) is 23.8 Å². The highest BCUT2D eigenvalue weighted by Gasteiger charge is 2.33. The third-order valence-corrected chi connectivity index (χ3v) is 4.08. The Balaban J connectivity index is 2.22. The number of carboxylic acid groups (broad SMARTS) is 1. The standard InChI is InChI=1S/C13H8F3NO3S2/c14-13(15,16)8-3-1-7(2-4-8)5-9-11(20)17(6-10(18)19)12(21)22-9/h1-5H,6H2,(H,18,19)/b9-5+. The second-order valence-corrected chi connectivity index (χ2v) is 5.96. The first-order chi connectivity index (χ1) is 10.2. The molecule has 1 N–H and O–H groups in total. The number of hydrogen-bond acceptors (Lipinski definition) is 4. The van der Waals surface area contributed by atoms with Crippen LogP contribution in [-0.2, 0) is 15.8 Å². The van der Waals surface area contributed by atoms with E-state index >= 15 is 0 Å². The average Bonchev–Trinajstić information content (AvgIpc) is 2.66. The highest BCUT2D eigenvalue weighted by molar-refractivity contribution is 8.26. The fourth-order valence-electron chi connectivity index (χ4n) is 1.69. The monoisotopic (exact) mass is 347 g/mol. The molecule has 22 heavy (non-hydrogen) atoms. The number of rotatable bonds is 3. The van der Waals surface area contributed by atoms with Crippen LogP contribution in [0, 0.1) is 0 Å². The van der Waals surface area contributed by atoms with E-state index in [0.29, 0.717) is 5.56 Å². The van der Waals surface area contributed by atoms with Crippen molar-refractivity contribution in [3.63, 3.8) is 0 Å². The second kappa shape index (κ2) is 6.09. The Morgan fingerprint density at radius 2 is 1.91 bits per heavy atom. The van der Waals surface area contributed by atoms with E-state index < -0.39 is 30.2 Å². The molecule has 1 amide bonds. The van der Waals surface area contributed by atoms with Crippen molar-refractivity contribution in [3.8, 4) is 0 Å². The van der Waals surface area contributed by atoms with E-state index in [1.54, 1.807) is 0 Å². The number of aliphatic carboxylic acids is 1. The van der Waals surface area contributed by atoms with Crippen molar-refractivity contribution in [2.75, 3.05) is 6.54 Å². The zero-order valence-electron chi connectivity index (χ0n) is 10.8. The van der Waals surface area contributed by atoms with E-state index in [1.165, 1.54) is 18.2 Å². The van der Waals surface area contributed by atoms with Crippen molar-refractivity contribution >= 4 is 46.3 Å². The van der Waals surface area contributed by atoms with Crippen LogP contribution in [0.25, 0.3) is 6.08 Å². The smallest absolute Gasteiger partial charge is 0.416 e. The van der Waals surface area contributed by atoms with Gasteiger partial charge in [-0.1, -0.05) is 36.1 Å². The van der Waals surface area contributed by atoms with Crippen molar-refractivity contribution < 1.29 is 27.9 Å². The molecular formula is C13H8F3NO3S2. The summed E-state index contributed by atoms with van der Waals surface area (Å²) >= 11 is 5.83. The van der Waals surface area contributed by atoms with Crippen LogP contribution in [0.4, 0.5) is 13.2 Å². The molecule has 2 rings (SSSR count). The highest BCUT2D eigenvalue weighted by atomic mass is 32.2. The molecule has 9 heteroatoms. The number of carbonyl (C=O) groups is 2. The highest BCUT2D eigenvalue weighted by Crippen LogP contribution is 2.33. The van der Waals surface area contributed by atoms with Gasteiger partial charge in [0.1, 0.15) is 10.9 Å². The Labute approximate surface area is 132 Å². The van der Waals surface area contributed by atoms with Gasteiger partial charge in [0.15, 0.2) is 0 Å². The van der Waals surface area contributed by atoms with Crippen LogP contribution in [0.1, 0.15) is 11.1 Å². The van der Waals surface area contributed by atoms with E-state index in [1.807, 2.05) is 0 Å². The zero-order valence-corrected chi connectivity index (χ0v) is 12.4. The summed E-state index contributed by atoms with van der Waals surface area (Å²) < 4.78 is 37.5. The van der Waals surface area contributed by atoms with Gasteiger partial charge in [0, 0.05) is 0 Å². The van der Waals surface area contributed by atoms with Crippen molar-refractivity contribution in [2.45, 2.75) is 6.18 Å². The van der Waals surface area contributed by atoms with Gasteiger partial charge in [-0.15, -0.1) is 0 Å². The van der Waals surface area contributed by atoms with Gasteiger partial charge < -0.3 is 5.11 Å². The fourth-order valence-corrected chi connectivity index (χ4v) is 2.95. The molecule has 0 spiro atoms. The van der Waals surface area contributed by atoms with Gasteiger partial charge in [0.05, 0.1) is 10.5 Å². The predicted molar refractivity (Wildman–Crippen MR) is 79.0 cm³/mol. The first-order valence-corrected chi connectivity index (χ1v) is 7.05. The lowest BCUT2D eigenvalue weighted by Gasteiger charge is -2.10. The number of thiocarbonyl (C=S) groups is 1. The van der Waals surface area contributed by atoms with Gasteiger partial charge in [-0.25, -0.2) is 0 Å². The van der Waals surface area contributed by atoms with Gasteiger partial charge in [-0.3, -0.25) is 14.5 Å². The van der Waals surface area contributed by atoms with Crippen molar-refractivity contribution in [1.82, 2.24) is 4.90 Å². The maximum atomic E-state index is 12.5. The van der Waals surface area contributed by atoms with Crippen LogP contribution in [0.5, 0.6) is 0 Å². The number of carbonyl (C=O) groups excluding carboxylic acids is 1. The third-order valence-electron chi connectivity index (χ3n) is 2.70. The van der Waals surface area contributed by atoms with Crippen molar-refractivity contribution in [3.05, 3.63) is 40.3 Å². The molecule has 1 aromatic carbocycles. The average molecular weight is 347 g/mol. The quantitative estimate of drug-likeness (QED) is 0.673. The lowest BCUT2D eigenvalue weighted by molar-refractivity contribution is -0.140. The Morgan fingerprint density at radius 3 is 2.41 bits per heavy atom. The van der Waals surface area contributed by atoms with E-state index in [4.69, 9.17) is 17.3 Å². The summed E-state index contributed by atoms with van der Waals surface area (Å²) in [7, 11) is 0. The van der Waals surface area contributed by atoms with Crippen molar-refractivity contribution in [2.24, 2.45) is 0 Å². The predicted octanol–water partition coefficient (Wildman–Crippen LogP) is 2.99. The summed E-state index contributed by atoms with van der Waals surface area (Å²) in [5.74, 6) is -1.77. The molecule has 0 bridgehead atoms. The molecule has 0 aromatic heterocycles. The summed E-state index contributed by atoms with van der Waals surface area (Å²) in [5, 5.41) is 8.70. The number of nitrogens with zero attached hydrogens (tertiary/aromatic N) is 1. The number of thioether (sulfide) groups is 1. The molecule has 1 fully saturated rings. The molecular weight excluding hydrogens is 339 g/mol. The molecule has 1 saturated heterocycles. The minimum atomic E-state index is -4.43. The molecule has 1 aliphatic heterocycles. The van der Waals surface area contributed by atoms with Crippen molar-refractivity contribution in [1.29, 1.82) is 0 Å². The largest absolute Gasteiger partial charge is 0.480 e. The van der Waals surface area contributed by atoms with E-state index in [-0.39, 0.29) is 9.23 Å². The minimum Gasteiger partial charge on any atom is -0.480 e. The first-order valence-electron chi connectivity index (χ1n) is 5.83. The zero-order chi connectivity index (χ0) is 16.5. The lowest BCUT2D eigenvalue weighted by Crippen LogP contribution is -2.33. The minimum absolute atomic E-state index is 0.102. The molecule has 0 atom stereocenters. The summed E-state index contributed by atoms with van der Waals surface area (Å²) in [6.07, 6.45) is -3.05. The molecule has 4 nitrogen and oxygen atoms in total. The molecule has 0 radical (unpaired) electrons. The van der Waals surface area contributed by atoms with Gasteiger partial charge in [-0.2, -0.15) is 13.2 Å². The van der Waals surface area contributed by atoms with Crippen LogP contribution in [-0.4, -0.2) is 32.7 Å². The maximum Gasteiger partial charge on any atom is 0.416 e. The number of amides is 1. The molecule has 1 heterocycles. The maximum absolute atomic E-state index is 12.5. The summed E-state index contributed by atoms with van der Waals surface area (Å²) in [5.41, 5.74) is -0.396. The van der Waals surface area contributed by atoms with E-state index in [0.717, 1.165) is 28.8 Å². The fraction of sp³-hybridized carbons (Fsp3) is 0.154.